The molecule has 2 aromatic rings. The molecule has 0 aliphatic carbocycles. The van der Waals surface area contributed by atoms with Gasteiger partial charge < -0.3 is 4.74 Å². The topological polar surface area (TPSA) is 22.1 Å². The number of hydrogen-bond acceptors (Lipinski definition) is 3. The summed E-state index contributed by atoms with van der Waals surface area (Å²) in [4.78, 5) is 4.65. The van der Waals surface area contributed by atoms with Crippen molar-refractivity contribution in [1.29, 1.82) is 0 Å². The smallest absolute Gasteiger partial charge is 0.140 e. The molecule has 0 amide bonds. The molecule has 1 aromatic heterocycles. The zero-order valence-electron chi connectivity index (χ0n) is 11.7. The van der Waals surface area contributed by atoms with Crippen LogP contribution in [0.4, 0.5) is 0 Å². The molecule has 20 heavy (non-hydrogen) atoms. The number of benzene rings is 1. The highest BCUT2D eigenvalue weighted by atomic mass is 79.9. The zero-order chi connectivity index (χ0) is 14.8. The van der Waals surface area contributed by atoms with Gasteiger partial charge in [-0.2, -0.15) is 0 Å². The Labute approximate surface area is 140 Å². The average Bonchev–Trinajstić information content (AvgIpc) is 2.85. The molecule has 1 heterocycles. The molecule has 0 aliphatic heterocycles. The van der Waals surface area contributed by atoms with Gasteiger partial charge in [-0.05, 0) is 22.0 Å². The number of ether oxygens (including phenoxy) is 1. The SMILES string of the molecule is CC(C)(C)c1csc(COc2c(Br)cccc2CBr)n1. The van der Waals surface area contributed by atoms with Crippen LogP contribution >= 0.6 is 43.2 Å². The van der Waals surface area contributed by atoms with Crippen molar-refractivity contribution in [2.75, 3.05) is 0 Å². The van der Waals surface area contributed by atoms with E-state index in [4.69, 9.17) is 4.74 Å². The van der Waals surface area contributed by atoms with Crippen LogP contribution in [0, 0.1) is 0 Å². The lowest BCUT2D eigenvalue weighted by molar-refractivity contribution is 0.300. The lowest BCUT2D eigenvalue weighted by atomic mass is 9.93. The Morgan fingerprint density at radius 3 is 2.65 bits per heavy atom. The fourth-order valence-electron chi connectivity index (χ4n) is 1.68. The van der Waals surface area contributed by atoms with Gasteiger partial charge in [0.15, 0.2) is 0 Å². The lowest BCUT2D eigenvalue weighted by Gasteiger charge is -2.14. The first-order chi connectivity index (χ1) is 9.41. The molecule has 0 saturated heterocycles. The summed E-state index contributed by atoms with van der Waals surface area (Å²) in [7, 11) is 0. The minimum atomic E-state index is 0.0864. The van der Waals surface area contributed by atoms with Gasteiger partial charge in [0, 0.05) is 21.7 Å². The van der Waals surface area contributed by atoms with Gasteiger partial charge >= 0.3 is 0 Å². The third kappa shape index (κ3) is 3.83. The van der Waals surface area contributed by atoms with Gasteiger partial charge in [0.2, 0.25) is 0 Å². The first-order valence-corrected chi connectivity index (χ1v) is 9.12. The van der Waals surface area contributed by atoms with Gasteiger partial charge in [-0.3, -0.25) is 0 Å². The molecule has 108 valence electrons. The van der Waals surface area contributed by atoms with E-state index in [0.29, 0.717) is 6.61 Å². The second-order valence-corrected chi connectivity index (χ2v) is 7.88. The molecule has 1 aromatic carbocycles. The Kier molecular flexibility index (Phi) is 5.26. The monoisotopic (exact) mass is 417 g/mol. The predicted octanol–water partition coefficient (Wildman–Crippen LogP) is 5.68. The number of nitrogens with zero attached hydrogens (tertiary/aromatic N) is 1. The quantitative estimate of drug-likeness (QED) is 0.596. The van der Waals surface area contributed by atoms with Crippen LogP contribution < -0.4 is 4.74 Å². The Balaban J connectivity index is 2.11. The van der Waals surface area contributed by atoms with Crippen molar-refractivity contribution >= 4 is 43.2 Å². The molecule has 0 saturated carbocycles. The fraction of sp³-hybridized carbons (Fsp3) is 0.400. The minimum absolute atomic E-state index is 0.0864. The maximum atomic E-state index is 5.94. The average molecular weight is 419 g/mol. The molecule has 0 unspecified atom stereocenters. The van der Waals surface area contributed by atoms with Crippen LogP contribution in [0.3, 0.4) is 0 Å². The number of rotatable bonds is 4. The van der Waals surface area contributed by atoms with E-state index >= 15 is 0 Å². The van der Waals surface area contributed by atoms with Crippen molar-refractivity contribution in [3.63, 3.8) is 0 Å². The van der Waals surface area contributed by atoms with E-state index in [2.05, 4.69) is 69.1 Å². The lowest BCUT2D eigenvalue weighted by Crippen LogP contribution is -2.11. The van der Waals surface area contributed by atoms with Gasteiger partial charge in [0.05, 0.1) is 10.2 Å². The van der Waals surface area contributed by atoms with Crippen molar-refractivity contribution in [1.82, 2.24) is 4.98 Å². The molecule has 0 aliphatic rings. The molecule has 2 nitrogen and oxygen atoms in total. The summed E-state index contributed by atoms with van der Waals surface area (Å²) in [5.74, 6) is 0.886. The van der Waals surface area contributed by atoms with Crippen molar-refractivity contribution in [2.45, 2.75) is 38.1 Å². The van der Waals surface area contributed by atoms with Gasteiger partial charge in [-0.25, -0.2) is 4.98 Å². The summed E-state index contributed by atoms with van der Waals surface area (Å²) in [5, 5.41) is 3.89. The Bertz CT molecular complexity index is 590. The maximum Gasteiger partial charge on any atom is 0.140 e. The number of para-hydroxylation sites is 1. The normalized spacial score (nSPS) is 11.7. The summed E-state index contributed by atoms with van der Waals surface area (Å²) in [6.45, 7) is 7.01. The largest absolute Gasteiger partial charge is 0.485 e. The van der Waals surface area contributed by atoms with Crippen LogP contribution in [0.25, 0.3) is 0 Å². The molecule has 5 heteroatoms. The Morgan fingerprint density at radius 2 is 2.05 bits per heavy atom. The van der Waals surface area contributed by atoms with Gasteiger partial charge in [0.25, 0.3) is 0 Å². The van der Waals surface area contributed by atoms with Crippen LogP contribution in [0.2, 0.25) is 0 Å². The van der Waals surface area contributed by atoms with E-state index in [0.717, 1.165) is 31.8 Å². The summed E-state index contributed by atoms with van der Waals surface area (Å²) < 4.78 is 6.92. The number of thiazole rings is 1. The molecule has 0 atom stereocenters. The molecule has 0 spiro atoms. The van der Waals surface area contributed by atoms with E-state index in [1.54, 1.807) is 11.3 Å². The fourth-order valence-corrected chi connectivity index (χ4v) is 3.57. The van der Waals surface area contributed by atoms with E-state index in [9.17, 15) is 0 Å². The van der Waals surface area contributed by atoms with Crippen LogP contribution in [-0.2, 0) is 17.4 Å². The molecular weight excluding hydrogens is 402 g/mol. The third-order valence-electron chi connectivity index (χ3n) is 2.85. The molecular formula is C15H17Br2NOS. The van der Waals surface area contributed by atoms with Crippen LogP contribution in [0.1, 0.15) is 37.0 Å². The highest BCUT2D eigenvalue weighted by Crippen LogP contribution is 2.32. The molecule has 0 bridgehead atoms. The highest BCUT2D eigenvalue weighted by molar-refractivity contribution is 9.10. The summed E-state index contributed by atoms with van der Waals surface area (Å²) in [6, 6.07) is 6.05. The van der Waals surface area contributed by atoms with Gasteiger partial charge in [0.1, 0.15) is 17.4 Å². The highest BCUT2D eigenvalue weighted by Gasteiger charge is 2.17. The molecule has 0 fully saturated rings. The van der Waals surface area contributed by atoms with E-state index in [-0.39, 0.29) is 5.41 Å². The van der Waals surface area contributed by atoms with Gasteiger partial charge in [-0.1, -0.05) is 48.8 Å². The van der Waals surface area contributed by atoms with Crippen molar-refractivity contribution in [3.8, 4) is 5.75 Å². The zero-order valence-corrected chi connectivity index (χ0v) is 15.7. The molecule has 2 rings (SSSR count). The standard InChI is InChI=1S/C15H17Br2NOS/c1-15(2,3)12-9-20-13(18-12)8-19-14-10(7-16)5-4-6-11(14)17/h4-6,9H,7-8H2,1-3H3. The van der Waals surface area contributed by atoms with Crippen LogP contribution in [0.15, 0.2) is 28.1 Å². The second kappa shape index (κ2) is 6.58. The van der Waals surface area contributed by atoms with Crippen LogP contribution in [-0.4, -0.2) is 4.98 Å². The minimum Gasteiger partial charge on any atom is -0.485 e. The molecule has 0 N–H and O–H groups in total. The Morgan fingerprint density at radius 1 is 1.30 bits per heavy atom. The van der Waals surface area contributed by atoms with E-state index in [1.807, 2.05) is 12.1 Å². The first-order valence-electron chi connectivity index (χ1n) is 6.33. The molecule has 0 radical (unpaired) electrons. The first kappa shape index (κ1) is 16.0. The predicted molar refractivity (Wildman–Crippen MR) is 91.9 cm³/mol. The van der Waals surface area contributed by atoms with E-state index < -0.39 is 0 Å². The number of hydrogen-bond donors (Lipinski definition) is 0. The van der Waals surface area contributed by atoms with Crippen molar-refractivity contribution in [2.24, 2.45) is 0 Å². The number of aromatic nitrogens is 1. The maximum absolute atomic E-state index is 5.94. The summed E-state index contributed by atoms with van der Waals surface area (Å²) in [6.07, 6.45) is 0. The van der Waals surface area contributed by atoms with E-state index in [1.165, 1.54) is 0 Å². The second-order valence-electron chi connectivity index (χ2n) is 5.53. The number of halogens is 2. The summed E-state index contributed by atoms with van der Waals surface area (Å²) in [5.41, 5.74) is 2.34. The summed E-state index contributed by atoms with van der Waals surface area (Å²) >= 11 is 8.67. The van der Waals surface area contributed by atoms with Crippen LogP contribution in [0.5, 0.6) is 5.75 Å². The van der Waals surface area contributed by atoms with Crippen molar-refractivity contribution < 1.29 is 4.74 Å². The van der Waals surface area contributed by atoms with Crippen molar-refractivity contribution in [3.05, 3.63) is 44.3 Å². The van der Waals surface area contributed by atoms with Gasteiger partial charge in [-0.15, -0.1) is 11.3 Å². The third-order valence-corrected chi connectivity index (χ3v) is 4.90. The number of alkyl halides is 1. The Hall–Kier alpha value is -0.390.